The van der Waals surface area contributed by atoms with E-state index in [-0.39, 0.29) is 5.38 Å². The molecule has 12 heavy (non-hydrogen) atoms. The van der Waals surface area contributed by atoms with E-state index in [2.05, 4.69) is 4.29 Å². The lowest BCUT2D eigenvalue weighted by molar-refractivity contribution is -1.92. The molecule has 2 atom stereocenters. The van der Waals surface area contributed by atoms with Crippen molar-refractivity contribution < 1.29 is 28.5 Å². The van der Waals surface area contributed by atoms with E-state index in [9.17, 15) is 14.0 Å². The molecular weight excluding hydrogens is 207 g/mol. The fraction of sp³-hybridized carbons (Fsp3) is 1.00. The monoisotopic (exact) mass is 216 g/mol. The van der Waals surface area contributed by atoms with E-state index in [0.717, 1.165) is 12.8 Å². The second-order valence-electron chi connectivity index (χ2n) is 2.81. The van der Waals surface area contributed by atoms with Crippen LogP contribution in [0.5, 0.6) is 0 Å². The molecule has 4 nitrogen and oxygen atoms in total. The summed E-state index contributed by atoms with van der Waals surface area (Å²) >= 11 is 5.76. The van der Waals surface area contributed by atoms with E-state index in [1.165, 1.54) is 0 Å². The molecule has 0 amide bonds. The third-order valence-electron chi connectivity index (χ3n) is 1.85. The molecular formula is C6H10Cl2O4. The van der Waals surface area contributed by atoms with Crippen LogP contribution in [0, 0.1) is 10.2 Å². The van der Waals surface area contributed by atoms with Gasteiger partial charge in [0.2, 0.25) is 6.10 Å². The van der Waals surface area contributed by atoms with Gasteiger partial charge in [-0.1, -0.05) is 12.8 Å². The molecule has 0 saturated heterocycles. The Labute approximate surface area is 77.8 Å². The van der Waals surface area contributed by atoms with Crippen molar-refractivity contribution in [1.82, 2.24) is 0 Å². The zero-order chi connectivity index (χ0) is 9.19. The lowest BCUT2D eigenvalue weighted by Crippen LogP contribution is -2.63. The highest BCUT2D eigenvalue weighted by Crippen LogP contribution is 2.26. The van der Waals surface area contributed by atoms with Gasteiger partial charge in [-0.3, -0.25) is 0 Å². The predicted octanol–water partition coefficient (Wildman–Crippen LogP) is -1.55. The molecule has 0 N–H and O–H groups in total. The molecule has 0 radical (unpaired) electrons. The number of rotatable bonds is 2. The Balaban J connectivity index is 2.39. The van der Waals surface area contributed by atoms with Gasteiger partial charge in [-0.25, -0.2) is 0 Å². The molecule has 6 heteroatoms. The number of halogens is 2. The number of hydrogen-bond donors (Lipinski definition) is 0. The molecule has 1 fully saturated rings. The molecule has 0 bridgehead atoms. The molecule has 0 heterocycles. The van der Waals surface area contributed by atoms with E-state index < -0.39 is 16.3 Å². The van der Waals surface area contributed by atoms with Crippen LogP contribution < -0.4 is 14.0 Å². The fourth-order valence-electron chi connectivity index (χ4n) is 1.29. The van der Waals surface area contributed by atoms with Crippen LogP contribution in [0.15, 0.2) is 0 Å². The Hall–Kier alpha value is 0.420. The van der Waals surface area contributed by atoms with Gasteiger partial charge in [-0.05, 0) is 12.8 Å². The zero-order valence-electron chi connectivity index (χ0n) is 6.37. The Morgan fingerprint density at radius 1 is 1.17 bits per heavy atom. The van der Waals surface area contributed by atoms with E-state index in [0.29, 0.717) is 12.8 Å². The minimum Gasteiger partial charge on any atom is -0.183 e. The minimum atomic E-state index is -4.33. The third-order valence-corrected chi connectivity index (χ3v) is 2.79. The first kappa shape index (κ1) is 10.5. The average molecular weight is 217 g/mol. The lowest BCUT2D eigenvalue weighted by atomic mass is 9.98. The summed E-state index contributed by atoms with van der Waals surface area (Å²) in [5, 5.41) is -0.352. The van der Waals surface area contributed by atoms with Crippen molar-refractivity contribution in [2.45, 2.75) is 37.2 Å². The Bertz CT molecular complexity index is 147. The summed E-state index contributed by atoms with van der Waals surface area (Å²) in [5.41, 5.74) is 0. The van der Waals surface area contributed by atoms with Crippen LogP contribution in [0.2, 0.25) is 0 Å². The number of alkyl halides is 1. The summed E-state index contributed by atoms with van der Waals surface area (Å²) in [4.78, 5) is 0. The largest absolute Gasteiger partial charge is 0.230 e. The topological polar surface area (TPSA) is 78.4 Å². The predicted molar refractivity (Wildman–Crippen MR) is 33.0 cm³/mol. The van der Waals surface area contributed by atoms with Crippen LogP contribution in [0.3, 0.4) is 0 Å². The smallest absolute Gasteiger partial charge is 0.183 e. The van der Waals surface area contributed by atoms with Gasteiger partial charge in [0.1, 0.15) is 0 Å². The lowest BCUT2D eigenvalue weighted by Gasteiger charge is -2.24. The summed E-state index contributed by atoms with van der Waals surface area (Å²) in [6.45, 7) is 0. The molecule has 0 aromatic rings. The highest BCUT2D eigenvalue weighted by Gasteiger charge is 2.36. The first-order valence-electron chi connectivity index (χ1n) is 3.72. The fourth-order valence-corrected chi connectivity index (χ4v) is 2.17. The van der Waals surface area contributed by atoms with Gasteiger partial charge in [0.25, 0.3) is 0 Å². The Morgan fingerprint density at radius 2 is 1.75 bits per heavy atom. The second-order valence-corrected chi connectivity index (χ2v) is 4.30. The number of hydrogen-bond acceptors (Lipinski definition) is 4. The second kappa shape index (κ2) is 4.09. The van der Waals surface area contributed by atoms with Crippen molar-refractivity contribution in [2.24, 2.45) is 0 Å². The van der Waals surface area contributed by atoms with E-state index in [1.54, 1.807) is 0 Å². The molecule has 1 aliphatic carbocycles. The van der Waals surface area contributed by atoms with Gasteiger partial charge < -0.3 is 0 Å². The van der Waals surface area contributed by atoms with Gasteiger partial charge in [0.05, 0.1) is 19.9 Å². The maximum atomic E-state index is 10.2. The summed E-state index contributed by atoms with van der Waals surface area (Å²) < 4.78 is 34.8. The van der Waals surface area contributed by atoms with Gasteiger partial charge in [0, 0.05) is 0 Å². The summed E-state index contributed by atoms with van der Waals surface area (Å²) in [7, 11) is -4.33. The molecule has 0 aromatic carbocycles. The molecule has 0 unspecified atom stereocenters. The van der Waals surface area contributed by atoms with Crippen LogP contribution in [0.1, 0.15) is 25.7 Å². The summed E-state index contributed by atoms with van der Waals surface area (Å²) in [5.74, 6) is 0. The van der Waals surface area contributed by atoms with E-state index in [1.807, 2.05) is 0 Å². The zero-order valence-corrected chi connectivity index (χ0v) is 7.88. The standard InChI is InChI=1S/C6H10Cl2O4/c7-5-3-1-2-4-6(5)12-8(9,10)11/h5-6H,1-4H2/t5-,6+/m0/s1. The van der Waals surface area contributed by atoms with Gasteiger partial charge in [-0.2, -0.15) is 14.0 Å². The van der Waals surface area contributed by atoms with Gasteiger partial charge in [-0.15, -0.1) is 11.6 Å². The van der Waals surface area contributed by atoms with Crippen molar-refractivity contribution in [3.05, 3.63) is 0 Å². The van der Waals surface area contributed by atoms with Gasteiger partial charge >= 0.3 is 0 Å². The van der Waals surface area contributed by atoms with Crippen LogP contribution in [0.4, 0.5) is 0 Å². The van der Waals surface area contributed by atoms with Crippen LogP contribution >= 0.6 is 11.6 Å². The Kier molecular flexibility index (Phi) is 3.58. The van der Waals surface area contributed by atoms with E-state index >= 15 is 0 Å². The summed E-state index contributed by atoms with van der Waals surface area (Å²) in [6, 6.07) is 0. The van der Waals surface area contributed by atoms with Crippen LogP contribution in [-0.4, -0.2) is 11.5 Å². The average Bonchev–Trinajstić information content (AvgIpc) is 1.91. The van der Waals surface area contributed by atoms with Crippen molar-refractivity contribution in [2.75, 3.05) is 0 Å². The van der Waals surface area contributed by atoms with Crippen molar-refractivity contribution >= 4 is 11.6 Å². The molecule has 1 rings (SSSR count). The third kappa shape index (κ3) is 3.43. The maximum absolute atomic E-state index is 10.2. The van der Waals surface area contributed by atoms with Gasteiger partial charge in [0.15, 0.2) is 0 Å². The van der Waals surface area contributed by atoms with Crippen LogP contribution in [0.25, 0.3) is 0 Å². The maximum Gasteiger partial charge on any atom is 0.230 e. The highest BCUT2D eigenvalue weighted by molar-refractivity contribution is 6.21. The quantitative estimate of drug-likeness (QED) is 0.524. The minimum absolute atomic E-state index is 0.352. The summed E-state index contributed by atoms with van der Waals surface area (Å²) in [6.07, 6.45) is 2.44. The van der Waals surface area contributed by atoms with Crippen molar-refractivity contribution in [3.8, 4) is 0 Å². The molecule has 0 spiro atoms. The van der Waals surface area contributed by atoms with Crippen molar-refractivity contribution in [3.63, 3.8) is 0 Å². The first-order chi connectivity index (χ1) is 5.49. The SMILES string of the molecule is [O-][Cl+3]([O-])([O-])O[C@@H]1CCCC[C@@H]1Cl. The molecule has 1 aliphatic rings. The Morgan fingerprint density at radius 3 is 2.25 bits per heavy atom. The van der Waals surface area contributed by atoms with Crippen LogP contribution in [-0.2, 0) is 4.29 Å². The molecule has 0 aliphatic heterocycles. The normalized spacial score (nSPS) is 32.0. The molecule has 0 aromatic heterocycles. The van der Waals surface area contributed by atoms with E-state index in [4.69, 9.17) is 11.6 Å². The molecule has 1 saturated carbocycles. The van der Waals surface area contributed by atoms with Crippen molar-refractivity contribution in [1.29, 1.82) is 0 Å². The molecule has 72 valence electrons. The highest BCUT2D eigenvalue weighted by atomic mass is 35.7. The first-order valence-corrected chi connectivity index (χ1v) is 5.39.